The van der Waals surface area contributed by atoms with Gasteiger partial charge < -0.3 is 0 Å². The predicted molar refractivity (Wildman–Crippen MR) is 110 cm³/mol. The summed E-state index contributed by atoms with van der Waals surface area (Å²) >= 11 is 0. The van der Waals surface area contributed by atoms with Crippen molar-refractivity contribution in [2.24, 2.45) is 5.92 Å². The molecule has 0 radical (unpaired) electrons. The van der Waals surface area contributed by atoms with E-state index in [2.05, 4.69) is 23.8 Å². The van der Waals surface area contributed by atoms with Crippen LogP contribution in [-0.2, 0) is 6.42 Å². The smallest absolute Gasteiger partial charge is 0.159 e. The molecule has 2 aromatic rings. The van der Waals surface area contributed by atoms with Gasteiger partial charge in [-0.15, -0.1) is 0 Å². The van der Waals surface area contributed by atoms with E-state index in [1.807, 2.05) is 24.5 Å². The second-order valence-electron chi connectivity index (χ2n) is 8.11. The molecule has 1 fully saturated rings. The molecule has 0 spiro atoms. The van der Waals surface area contributed by atoms with Crippen LogP contribution in [0, 0.1) is 11.7 Å². The van der Waals surface area contributed by atoms with E-state index < -0.39 is 0 Å². The Morgan fingerprint density at radius 1 is 0.963 bits per heavy atom. The molecule has 1 aliphatic carbocycles. The molecule has 3 heteroatoms. The first-order chi connectivity index (χ1) is 13.2. The van der Waals surface area contributed by atoms with Crippen LogP contribution in [0.3, 0.4) is 0 Å². The van der Waals surface area contributed by atoms with Crippen LogP contribution in [0.25, 0.3) is 11.4 Å². The molecular weight excluding hydrogens is 335 g/mol. The molecule has 1 saturated carbocycles. The Kier molecular flexibility index (Phi) is 7.37. The number of unbranched alkanes of at least 4 members (excludes halogenated alkanes) is 2. The van der Waals surface area contributed by atoms with Gasteiger partial charge in [0, 0.05) is 18.0 Å². The summed E-state index contributed by atoms with van der Waals surface area (Å²) in [5, 5.41) is 0. The van der Waals surface area contributed by atoms with Crippen LogP contribution in [0.4, 0.5) is 4.39 Å². The molecule has 1 aromatic carbocycles. The first kappa shape index (κ1) is 20.0. The van der Waals surface area contributed by atoms with Gasteiger partial charge in [-0.2, -0.15) is 0 Å². The van der Waals surface area contributed by atoms with Crippen molar-refractivity contribution in [3.05, 3.63) is 47.5 Å². The highest BCUT2D eigenvalue weighted by Gasteiger charge is 2.24. The third kappa shape index (κ3) is 5.37. The number of hydrogen-bond donors (Lipinski definition) is 0. The Bertz CT molecular complexity index is 703. The Morgan fingerprint density at radius 3 is 2.30 bits per heavy atom. The highest BCUT2D eigenvalue weighted by atomic mass is 19.1. The summed E-state index contributed by atoms with van der Waals surface area (Å²) in [5.74, 6) is 1.74. The Hall–Kier alpha value is -1.77. The Balaban J connectivity index is 1.64. The van der Waals surface area contributed by atoms with E-state index in [1.54, 1.807) is 6.07 Å². The van der Waals surface area contributed by atoms with Crippen LogP contribution in [0.5, 0.6) is 0 Å². The van der Waals surface area contributed by atoms with Crippen molar-refractivity contribution in [3.63, 3.8) is 0 Å². The number of hydrogen-bond acceptors (Lipinski definition) is 2. The van der Waals surface area contributed by atoms with E-state index in [0.29, 0.717) is 11.7 Å². The fourth-order valence-corrected chi connectivity index (χ4v) is 4.27. The quantitative estimate of drug-likeness (QED) is 0.497. The standard InChI is InChI=1S/C24H33FN2/c1-3-5-7-18-9-11-20(12-10-18)22-14-13-21(15-23(22)25)24-26-16-19(17-27-24)8-6-4-2/h13-18,20H,3-12H2,1-2H3/t18-,20-. The molecule has 0 atom stereocenters. The molecule has 0 aliphatic heterocycles. The van der Waals surface area contributed by atoms with Gasteiger partial charge in [0.25, 0.3) is 0 Å². The summed E-state index contributed by atoms with van der Waals surface area (Å²) in [6.07, 6.45) is 15.7. The van der Waals surface area contributed by atoms with Crippen LogP contribution < -0.4 is 0 Å². The zero-order valence-electron chi connectivity index (χ0n) is 16.9. The minimum Gasteiger partial charge on any atom is -0.236 e. The summed E-state index contributed by atoms with van der Waals surface area (Å²) in [7, 11) is 0. The largest absolute Gasteiger partial charge is 0.236 e. The molecule has 27 heavy (non-hydrogen) atoms. The van der Waals surface area contributed by atoms with Gasteiger partial charge in [-0.25, -0.2) is 14.4 Å². The molecule has 1 aliphatic rings. The van der Waals surface area contributed by atoms with Gasteiger partial charge in [-0.1, -0.05) is 51.7 Å². The molecule has 2 nitrogen and oxygen atoms in total. The van der Waals surface area contributed by atoms with Crippen molar-refractivity contribution >= 4 is 0 Å². The van der Waals surface area contributed by atoms with Crippen molar-refractivity contribution in [2.75, 3.05) is 0 Å². The molecule has 0 amide bonds. The highest BCUT2D eigenvalue weighted by Crippen LogP contribution is 2.39. The number of aromatic nitrogens is 2. The average Bonchev–Trinajstić information content (AvgIpc) is 2.71. The van der Waals surface area contributed by atoms with Crippen molar-refractivity contribution < 1.29 is 4.39 Å². The lowest BCUT2D eigenvalue weighted by Gasteiger charge is -2.29. The van der Waals surface area contributed by atoms with Gasteiger partial charge in [0.1, 0.15) is 5.82 Å². The van der Waals surface area contributed by atoms with E-state index in [1.165, 1.54) is 32.1 Å². The molecule has 3 rings (SSSR count). The fraction of sp³-hybridized carbons (Fsp3) is 0.583. The molecule has 0 bridgehead atoms. The van der Waals surface area contributed by atoms with E-state index in [9.17, 15) is 4.39 Å². The first-order valence-corrected chi connectivity index (χ1v) is 10.8. The van der Waals surface area contributed by atoms with Gasteiger partial charge in [-0.05, 0) is 67.6 Å². The third-order valence-electron chi connectivity index (χ3n) is 6.04. The minimum absolute atomic E-state index is 0.0943. The van der Waals surface area contributed by atoms with Gasteiger partial charge in [-0.3, -0.25) is 0 Å². The van der Waals surface area contributed by atoms with E-state index in [-0.39, 0.29) is 5.82 Å². The molecule has 146 valence electrons. The highest BCUT2D eigenvalue weighted by molar-refractivity contribution is 5.55. The average molecular weight is 369 g/mol. The Labute approximate surface area is 163 Å². The van der Waals surface area contributed by atoms with Crippen molar-refractivity contribution in [1.29, 1.82) is 0 Å². The normalized spacial score (nSPS) is 20.0. The number of rotatable bonds is 8. The number of nitrogens with zero attached hydrogens (tertiary/aromatic N) is 2. The lowest BCUT2D eigenvalue weighted by Crippen LogP contribution is -2.14. The monoisotopic (exact) mass is 368 g/mol. The van der Waals surface area contributed by atoms with Gasteiger partial charge in [0.15, 0.2) is 5.82 Å². The van der Waals surface area contributed by atoms with Gasteiger partial charge in [0.05, 0.1) is 0 Å². The van der Waals surface area contributed by atoms with E-state index >= 15 is 0 Å². The van der Waals surface area contributed by atoms with Crippen molar-refractivity contribution in [2.45, 2.75) is 84.0 Å². The summed E-state index contributed by atoms with van der Waals surface area (Å²) in [5.41, 5.74) is 2.81. The molecular formula is C24H33FN2. The molecule has 0 N–H and O–H groups in total. The SMILES string of the molecule is CCCCc1cnc(-c2ccc([C@H]3CC[C@H](CCCC)CC3)c(F)c2)nc1. The van der Waals surface area contributed by atoms with Crippen molar-refractivity contribution in [3.8, 4) is 11.4 Å². The summed E-state index contributed by atoms with van der Waals surface area (Å²) in [4.78, 5) is 8.89. The lowest BCUT2D eigenvalue weighted by molar-refractivity contribution is 0.301. The summed E-state index contributed by atoms with van der Waals surface area (Å²) in [6.45, 7) is 4.43. The molecule has 0 unspecified atom stereocenters. The molecule has 1 aromatic heterocycles. The first-order valence-electron chi connectivity index (χ1n) is 10.8. The topological polar surface area (TPSA) is 25.8 Å². The zero-order valence-corrected chi connectivity index (χ0v) is 16.9. The second-order valence-corrected chi connectivity index (χ2v) is 8.11. The molecule has 1 heterocycles. The predicted octanol–water partition coefficient (Wildman–Crippen LogP) is 7.09. The minimum atomic E-state index is -0.0943. The number of halogens is 1. The maximum Gasteiger partial charge on any atom is 0.159 e. The maximum atomic E-state index is 14.8. The van der Waals surface area contributed by atoms with E-state index in [0.717, 1.165) is 54.7 Å². The lowest BCUT2D eigenvalue weighted by atomic mass is 9.77. The molecule has 0 saturated heterocycles. The van der Waals surface area contributed by atoms with Crippen molar-refractivity contribution in [1.82, 2.24) is 9.97 Å². The van der Waals surface area contributed by atoms with E-state index in [4.69, 9.17) is 0 Å². The third-order valence-corrected chi connectivity index (χ3v) is 6.04. The van der Waals surface area contributed by atoms with Crippen LogP contribution in [0.1, 0.15) is 88.7 Å². The summed E-state index contributed by atoms with van der Waals surface area (Å²) < 4.78 is 14.8. The fourth-order valence-electron chi connectivity index (χ4n) is 4.27. The maximum absolute atomic E-state index is 14.8. The Morgan fingerprint density at radius 2 is 1.67 bits per heavy atom. The van der Waals surface area contributed by atoms with Crippen LogP contribution in [-0.4, -0.2) is 9.97 Å². The summed E-state index contributed by atoms with van der Waals surface area (Å²) in [6, 6.07) is 5.58. The second kappa shape index (κ2) is 9.96. The van der Waals surface area contributed by atoms with Gasteiger partial charge >= 0.3 is 0 Å². The van der Waals surface area contributed by atoms with Crippen LogP contribution >= 0.6 is 0 Å². The zero-order chi connectivity index (χ0) is 19.1. The van der Waals surface area contributed by atoms with Gasteiger partial charge in [0.2, 0.25) is 0 Å². The van der Waals surface area contributed by atoms with Crippen LogP contribution in [0.15, 0.2) is 30.6 Å². The van der Waals surface area contributed by atoms with Crippen LogP contribution in [0.2, 0.25) is 0 Å². The number of benzene rings is 1. The number of aryl methyl sites for hydroxylation is 1.